The Hall–Kier alpha value is -3.67. The molecule has 0 aliphatic rings. The van der Waals surface area contributed by atoms with Crippen molar-refractivity contribution in [1.29, 1.82) is 0 Å². The third-order valence-corrected chi connectivity index (χ3v) is 7.43. The summed E-state index contributed by atoms with van der Waals surface area (Å²) in [5.74, 6) is 0. The minimum atomic E-state index is -0.693. The first-order valence-corrected chi connectivity index (χ1v) is 12.4. The molecule has 0 aliphatic carbocycles. The fourth-order valence-electron chi connectivity index (χ4n) is 5.19. The van der Waals surface area contributed by atoms with Gasteiger partial charge in [0.15, 0.2) is 0 Å². The van der Waals surface area contributed by atoms with Gasteiger partial charge in [-0.1, -0.05) is 61.0 Å². The lowest BCUT2D eigenvalue weighted by Crippen LogP contribution is -2.43. The van der Waals surface area contributed by atoms with E-state index in [1.165, 1.54) is 5.56 Å². The zero-order valence-corrected chi connectivity index (χ0v) is 21.7. The number of nitrogens with one attached hydrogen (secondary N) is 1. The van der Waals surface area contributed by atoms with Gasteiger partial charge in [0, 0.05) is 30.6 Å². The second-order valence-corrected chi connectivity index (χ2v) is 9.57. The number of aryl methyl sites for hydroxylation is 3. The molecule has 0 radical (unpaired) electrons. The van der Waals surface area contributed by atoms with Crippen LogP contribution in [0.3, 0.4) is 0 Å². The zero-order chi connectivity index (χ0) is 25.4. The molecule has 6 heteroatoms. The number of hydrogen-bond donors (Lipinski definition) is 1. The van der Waals surface area contributed by atoms with Crippen molar-refractivity contribution in [3.8, 4) is 11.1 Å². The van der Waals surface area contributed by atoms with E-state index in [4.69, 9.17) is 11.6 Å². The van der Waals surface area contributed by atoms with Gasteiger partial charge in [0.25, 0.3) is 5.56 Å². The minimum absolute atomic E-state index is 0.0311. The molecule has 0 aliphatic heterocycles. The minimum Gasteiger partial charge on any atom is -0.335 e. The Labute approximate surface area is 216 Å². The summed E-state index contributed by atoms with van der Waals surface area (Å²) in [6, 6.07) is 24.4. The molecule has 1 N–H and O–H groups in total. The molecule has 0 saturated heterocycles. The van der Waals surface area contributed by atoms with Crippen LogP contribution in [0.5, 0.6) is 0 Å². The Morgan fingerprint density at radius 1 is 0.972 bits per heavy atom. The molecule has 0 fully saturated rings. The lowest BCUT2D eigenvalue weighted by atomic mass is 9.79. The monoisotopic (exact) mass is 496 g/mol. The van der Waals surface area contributed by atoms with E-state index in [1.807, 2.05) is 68.6 Å². The molecule has 2 aromatic heterocycles. The number of nitrogens with zero attached hydrogens (tertiary/aromatic N) is 3. The molecule has 182 valence electrons. The summed E-state index contributed by atoms with van der Waals surface area (Å²) in [4.78, 5) is 17.4. The maximum atomic E-state index is 12.9. The summed E-state index contributed by atoms with van der Waals surface area (Å²) < 4.78 is 3.74. The molecular weight excluding hydrogens is 468 g/mol. The Morgan fingerprint density at radius 3 is 2.39 bits per heavy atom. The molecule has 1 atom stereocenters. The third-order valence-electron chi connectivity index (χ3n) is 7.18. The third kappa shape index (κ3) is 3.85. The van der Waals surface area contributed by atoms with Gasteiger partial charge in [-0.25, -0.2) is 4.98 Å². The molecule has 5 aromatic rings. The molecular formula is C30H29ClN4O. The first kappa shape index (κ1) is 24.0. The van der Waals surface area contributed by atoms with E-state index in [-0.39, 0.29) is 5.56 Å². The largest absolute Gasteiger partial charge is 0.335 e. The van der Waals surface area contributed by atoms with Crippen LogP contribution in [0.25, 0.3) is 22.0 Å². The van der Waals surface area contributed by atoms with E-state index in [0.717, 1.165) is 45.3 Å². The number of benzene rings is 3. The topological polar surface area (TPSA) is 51.9 Å². The molecule has 3 aromatic carbocycles. The smallest absolute Gasteiger partial charge is 0.251 e. The van der Waals surface area contributed by atoms with Crippen LogP contribution in [0.1, 0.15) is 29.3 Å². The average Bonchev–Trinajstić information content (AvgIpc) is 3.34. The quantitative estimate of drug-likeness (QED) is 0.329. The van der Waals surface area contributed by atoms with Crippen molar-refractivity contribution in [2.24, 2.45) is 14.1 Å². The second-order valence-electron chi connectivity index (χ2n) is 9.14. The van der Waals surface area contributed by atoms with Crippen LogP contribution in [0.15, 0.2) is 90.1 Å². The fourth-order valence-corrected chi connectivity index (χ4v) is 5.32. The standard InChI is InChI=1S/C30H29ClN4O/c1-5-20-7-6-8-21(15-20)25-17-29(36)35(4)27-14-11-23(16-26(25)27)30(32-2,28-18-33-19-34(28)3)22-9-12-24(31)13-10-22/h6-19,32H,5H2,1-4H3/t30-/m1/s1. The predicted molar refractivity (Wildman–Crippen MR) is 148 cm³/mol. The van der Waals surface area contributed by atoms with Gasteiger partial charge in [0.1, 0.15) is 5.54 Å². The highest BCUT2D eigenvalue weighted by molar-refractivity contribution is 6.30. The van der Waals surface area contributed by atoms with Crippen molar-refractivity contribution in [2.75, 3.05) is 7.05 Å². The summed E-state index contributed by atoms with van der Waals surface area (Å²) >= 11 is 6.26. The maximum absolute atomic E-state index is 12.9. The molecule has 0 amide bonds. The number of fused-ring (bicyclic) bond motifs is 1. The van der Waals surface area contributed by atoms with Gasteiger partial charge in [-0.2, -0.15) is 0 Å². The normalized spacial score (nSPS) is 13.1. The first-order chi connectivity index (χ1) is 17.4. The Morgan fingerprint density at radius 2 is 1.72 bits per heavy atom. The van der Waals surface area contributed by atoms with Crippen LogP contribution in [0.4, 0.5) is 0 Å². The van der Waals surface area contributed by atoms with Gasteiger partial charge < -0.3 is 14.5 Å². The average molecular weight is 497 g/mol. The number of rotatable bonds is 6. The SMILES string of the molecule is CCc1cccc(-c2cc(=O)n(C)c3ccc([C@](NC)(c4ccc(Cl)cc4)c4cncn4C)cc23)c1. The first-order valence-electron chi connectivity index (χ1n) is 12.0. The summed E-state index contributed by atoms with van der Waals surface area (Å²) in [5.41, 5.74) is 6.43. The Kier molecular flexibility index (Phi) is 6.29. The van der Waals surface area contributed by atoms with Crippen LogP contribution in [0.2, 0.25) is 5.02 Å². The van der Waals surface area contributed by atoms with Crippen LogP contribution in [-0.2, 0) is 26.1 Å². The number of imidazole rings is 1. The van der Waals surface area contributed by atoms with E-state index in [0.29, 0.717) is 5.02 Å². The molecule has 0 bridgehead atoms. The van der Waals surface area contributed by atoms with Crippen molar-refractivity contribution in [3.63, 3.8) is 0 Å². The summed E-state index contributed by atoms with van der Waals surface area (Å²) in [6.45, 7) is 2.14. The van der Waals surface area contributed by atoms with Crippen molar-refractivity contribution >= 4 is 22.5 Å². The summed E-state index contributed by atoms with van der Waals surface area (Å²) in [7, 11) is 5.77. The number of aromatic nitrogens is 3. The Balaban J connectivity index is 1.85. The van der Waals surface area contributed by atoms with Gasteiger partial charge in [0.2, 0.25) is 0 Å². The highest BCUT2D eigenvalue weighted by Crippen LogP contribution is 2.39. The second kappa shape index (κ2) is 9.41. The Bertz CT molecular complexity index is 1620. The summed E-state index contributed by atoms with van der Waals surface area (Å²) in [6.07, 6.45) is 4.63. The van der Waals surface area contributed by atoms with Crippen LogP contribution in [0, 0.1) is 0 Å². The molecule has 5 nitrogen and oxygen atoms in total. The number of halogens is 1. The molecule has 36 heavy (non-hydrogen) atoms. The molecule has 2 heterocycles. The van der Waals surface area contributed by atoms with Gasteiger partial charge in [-0.3, -0.25) is 4.79 Å². The van der Waals surface area contributed by atoms with E-state index in [1.54, 1.807) is 10.6 Å². The van der Waals surface area contributed by atoms with E-state index in [9.17, 15) is 4.79 Å². The highest BCUT2D eigenvalue weighted by atomic mass is 35.5. The van der Waals surface area contributed by atoms with E-state index in [2.05, 4.69) is 53.6 Å². The molecule has 0 spiro atoms. The maximum Gasteiger partial charge on any atom is 0.251 e. The van der Waals surface area contributed by atoms with E-state index >= 15 is 0 Å². The molecule has 0 saturated carbocycles. The molecule has 5 rings (SSSR count). The lowest BCUT2D eigenvalue weighted by Gasteiger charge is -2.35. The number of hydrogen-bond acceptors (Lipinski definition) is 3. The van der Waals surface area contributed by atoms with Gasteiger partial charge in [-0.05, 0) is 65.6 Å². The highest BCUT2D eigenvalue weighted by Gasteiger charge is 2.37. The van der Waals surface area contributed by atoms with Crippen LogP contribution < -0.4 is 10.9 Å². The van der Waals surface area contributed by atoms with Crippen LogP contribution in [-0.4, -0.2) is 21.2 Å². The van der Waals surface area contributed by atoms with E-state index < -0.39 is 5.54 Å². The predicted octanol–water partition coefficient (Wildman–Crippen LogP) is 5.67. The zero-order valence-electron chi connectivity index (χ0n) is 20.9. The number of pyridine rings is 1. The van der Waals surface area contributed by atoms with Crippen molar-refractivity contribution in [2.45, 2.75) is 18.9 Å². The van der Waals surface area contributed by atoms with Crippen molar-refractivity contribution in [1.82, 2.24) is 19.4 Å². The van der Waals surface area contributed by atoms with Crippen molar-refractivity contribution < 1.29 is 0 Å². The van der Waals surface area contributed by atoms with Crippen molar-refractivity contribution in [3.05, 3.63) is 123 Å². The van der Waals surface area contributed by atoms with Gasteiger partial charge in [0.05, 0.1) is 23.7 Å². The summed E-state index contributed by atoms with van der Waals surface area (Å²) in [5, 5.41) is 5.30. The lowest BCUT2D eigenvalue weighted by molar-refractivity contribution is 0.493. The van der Waals surface area contributed by atoms with Crippen LogP contribution >= 0.6 is 11.6 Å². The fraction of sp³-hybridized carbons (Fsp3) is 0.200. The van der Waals surface area contributed by atoms with Gasteiger partial charge in [-0.15, -0.1) is 0 Å². The molecule has 0 unspecified atom stereocenters. The van der Waals surface area contributed by atoms with Gasteiger partial charge >= 0.3 is 0 Å².